The molecule has 0 spiro atoms. The molecule has 4 rings (SSSR count). The summed E-state index contributed by atoms with van der Waals surface area (Å²) in [5.74, 6) is 1.48. The van der Waals surface area contributed by atoms with Gasteiger partial charge in [0.25, 0.3) is 5.91 Å². The molecule has 0 radical (unpaired) electrons. The highest BCUT2D eigenvalue weighted by Crippen LogP contribution is 2.34. The number of carbonyl (C=O) groups is 1. The van der Waals surface area contributed by atoms with Crippen LogP contribution in [0.4, 0.5) is 0 Å². The first kappa shape index (κ1) is 17.3. The van der Waals surface area contributed by atoms with E-state index in [0.29, 0.717) is 12.2 Å². The van der Waals surface area contributed by atoms with Crippen molar-refractivity contribution < 1.29 is 18.6 Å². The molecule has 1 unspecified atom stereocenters. The summed E-state index contributed by atoms with van der Waals surface area (Å²) in [6, 6.07) is 11.0. The number of carbonyl (C=O) groups excluding carboxylic acids is 1. The first-order valence-corrected chi connectivity index (χ1v) is 9.07. The third-order valence-electron chi connectivity index (χ3n) is 4.87. The number of amides is 1. The molecule has 27 heavy (non-hydrogen) atoms. The summed E-state index contributed by atoms with van der Waals surface area (Å²) in [6.07, 6.45) is 2.56. The van der Waals surface area contributed by atoms with Crippen LogP contribution in [0.15, 0.2) is 45.4 Å². The topological polar surface area (TPSA) is 81.6 Å². The van der Waals surface area contributed by atoms with Crippen LogP contribution in [-0.2, 0) is 6.42 Å². The molecular formula is C20H21N3O4. The number of hydrogen-bond donors (Lipinski definition) is 0. The Morgan fingerprint density at radius 2 is 2.15 bits per heavy atom. The fraction of sp³-hybridized carbons (Fsp3) is 0.350. The molecule has 1 aromatic carbocycles. The van der Waals surface area contributed by atoms with Crippen molar-refractivity contribution in [1.29, 1.82) is 0 Å². The molecule has 1 amide bonds. The molecule has 0 bridgehead atoms. The van der Waals surface area contributed by atoms with E-state index in [9.17, 15) is 4.79 Å². The van der Waals surface area contributed by atoms with Gasteiger partial charge in [0, 0.05) is 24.2 Å². The lowest BCUT2D eigenvalue weighted by atomic mass is 10.1. The zero-order valence-corrected chi connectivity index (χ0v) is 15.3. The van der Waals surface area contributed by atoms with Gasteiger partial charge in [0.05, 0.1) is 18.8 Å². The Kier molecular flexibility index (Phi) is 4.66. The molecule has 1 aliphatic heterocycles. The number of rotatable bonds is 5. The average molecular weight is 367 g/mol. The Bertz CT molecular complexity index is 946. The van der Waals surface area contributed by atoms with Gasteiger partial charge in [-0.05, 0) is 31.4 Å². The van der Waals surface area contributed by atoms with Crippen molar-refractivity contribution in [3.8, 4) is 17.0 Å². The number of aryl methyl sites for hydroxylation is 1. The van der Waals surface area contributed by atoms with E-state index in [1.807, 2.05) is 37.3 Å². The predicted octanol–water partition coefficient (Wildman–Crippen LogP) is 3.88. The zero-order chi connectivity index (χ0) is 18.8. The maximum Gasteiger partial charge on any atom is 0.293 e. The van der Waals surface area contributed by atoms with Crippen LogP contribution in [0.5, 0.6) is 5.75 Å². The van der Waals surface area contributed by atoms with Crippen LogP contribution >= 0.6 is 0 Å². The van der Waals surface area contributed by atoms with E-state index in [1.165, 1.54) is 0 Å². The molecule has 1 aliphatic rings. The summed E-state index contributed by atoms with van der Waals surface area (Å²) in [4.78, 5) is 14.8. The van der Waals surface area contributed by atoms with Gasteiger partial charge in [0.15, 0.2) is 5.76 Å². The van der Waals surface area contributed by atoms with Crippen molar-refractivity contribution >= 4 is 5.91 Å². The molecule has 140 valence electrons. The number of benzene rings is 1. The van der Waals surface area contributed by atoms with Gasteiger partial charge in [-0.15, -0.1) is 0 Å². The molecule has 0 saturated carbocycles. The molecule has 1 atom stereocenters. The van der Waals surface area contributed by atoms with Crippen molar-refractivity contribution in [2.45, 2.75) is 32.2 Å². The van der Waals surface area contributed by atoms with Crippen LogP contribution in [0, 0.1) is 0 Å². The van der Waals surface area contributed by atoms with Gasteiger partial charge >= 0.3 is 0 Å². The minimum absolute atomic E-state index is 0.115. The normalized spacial score (nSPS) is 16.7. The Balaban J connectivity index is 1.56. The standard InChI is InChI=1S/C20H21N3O4/c1-3-14-11-18(26-21-14)17-8-5-9-23(17)20(24)19-12-16(22-27-19)13-6-4-7-15(10-13)25-2/h4,6-7,10-12,17H,3,5,8-9H2,1-2H3. The molecule has 0 aliphatic carbocycles. The molecule has 1 saturated heterocycles. The average Bonchev–Trinajstić information content (AvgIpc) is 3.47. The van der Waals surface area contributed by atoms with Gasteiger partial charge in [0.2, 0.25) is 5.76 Å². The van der Waals surface area contributed by atoms with Crippen LogP contribution in [0.1, 0.15) is 47.8 Å². The lowest BCUT2D eigenvalue weighted by Gasteiger charge is -2.20. The molecule has 7 heteroatoms. The molecule has 2 aromatic heterocycles. The van der Waals surface area contributed by atoms with Crippen LogP contribution in [0.2, 0.25) is 0 Å². The number of methoxy groups -OCH3 is 1. The van der Waals surface area contributed by atoms with Crippen molar-refractivity contribution in [1.82, 2.24) is 15.2 Å². The molecule has 3 heterocycles. The van der Waals surface area contributed by atoms with E-state index in [1.54, 1.807) is 18.1 Å². The van der Waals surface area contributed by atoms with Gasteiger partial charge in [-0.3, -0.25) is 4.79 Å². The SMILES string of the molecule is CCc1cc(C2CCCN2C(=O)c2cc(-c3cccc(OC)c3)no2)on1. The van der Waals surface area contributed by atoms with Crippen molar-refractivity contribution in [3.05, 3.63) is 53.6 Å². The second-order valence-electron chi connectivity index (χ2n) is 6.54. The molecule has 7 nitrogen and oxygen atoms in total. The summed E-state index contributed by atoms with van der Waals surface area (Å²) >= 11 is 0. The Labute approximate surface area is 156 Å². The van der Waals surface area contributed by atoms with Gasteiger partial charge in [-0.25, -0.2) is 0 Å². The lowest BCUT2D eigenvalue weighted by Crippen LogP contribution is -2.30. The fourth-order valence-electron chi connectivity index (χ4n) is 3.39. The van der Waals surface area contributed by atoms with Crippen LogP contribution in [-0.4, -0.2) is 34.8 Å². The van der Waals surface area contributed by atoms with Crippen molar-refractivity contribution in [3.63, 3.8) is 0 Å². The van der Waals surface area contributed by atoms with Crippen LogP contribution < -0.4 is 4.74 Å². The molecular weight excluding hydrogens is 346 g/mol. The van der Waals surface area contributed by atoms with Gasteiger partial charge in [-0.1, -0.05) is 29.4 Å². The van der Waals surface area contributed by atoms with E-state index < -0.39 is 0 Å². The number of nitrogens with zero attached hydrogens (tertiary/aromatic N) is 3. The van der Waals surface area contributed by atoms with Crippen molar-refractivity contribution in [2.24, 2.45) is 0 Å². The fourth-order valence-corrected chi connectivity index (χ4v) is 3.39. The third-order valence-corrected chi connectivity index (χ3v) is 4.87. The smallest absolute Gasteiger partial charge is 0.293 e. The number of ether oxygens (including phenoxy) is 1. The van der Waals surface area contributed by atoms with Crippen LogP contribution in [0.25, 0.3) is 11.3 Å². The van der Waals surface area contributed by atoms with Gasteiger partial charge < -0.3 is 18.7 Å². The number of aromatic nitrogens is 2. The Morgan fingerprint density at radius 3 is 2.93 bits per heavy atom. The zero-order valence-electron chi connectivity index (χ0n) is 15.3. The van der Waals surface area contributed by atoms with E-state index in [-0.39, 0.29) is 17.7 Å². The van der Waals surface area contributed by atoms with Crippen LogP contribution in [0.3, 0.4) is 0 Å². The van der Waals surface area contributed by atoms with E-state index >= 15 is 0 Å². The van der Waals surface area contributed by atoms with Crippen molar-refractivity contribution in [2.75, 3.05) is 13.7 Å². The second-order valence-corrected chi connectivity index (χ2v) is 6.54. The molecule has 0 N–H and O–H groups in total. The Morgan fingerprint density at radius 1 is 1.26 bits per heavy atom. The monoisotopic (exact) mass is 367 g/mol. The highest BCUT2D eigenvalue weighted by Gasteiger charge is 2.35. The summed E-state index contributed by atoms with van der Waals surface area (Å²) < 4.78 is 16.0. The summed E-state index contributed by atoms with van der Waals surface area (Å²) in [6.45, 7) is 2.68. The maximum atomic E-state index is 13.0. The maximum absolute atomic E-state index is 13.0. The molecule has 3 aromatic rings. The minimum atomic E-state index is -0.186. The van der Waals surface area contributed by atoms with E-state index in [0.717, 1.165) is 42.0 Å². The summed E-state index contributed by atoms with van der Waals surface area (Å²) in [5, 5.41) is 8.10. The highest BCUT2D eigenvalue weighted by molar-refractivity contribution is 5.93. The number of likely N-dealkylation sites (tertiary alicyclic amines) is 1. The largest absolute Gasteiger partial charge is 0.497 e. The number of hydrogen-bond acceptors (Lipinski definition) is 6. The third kappa shape index (κ3) is 3.32. The van der Waals surface area contributed by atoms with E-state index in [4.69, 9.17) is 13.8 Å². The first-order valence-electron chi connectivity index (χ1n) is 9.07. The quantitative estimate of drug-likeness (QED) is 0.681. The van der Waals surface area contributed by atoms with Gasteiger partial charge in [-0.2, -0.15) is 0 Å². The molecule has 1 fully saturated rings. The van der Waals surface area contributed by atoms with E-state index in [2.05, 4.69) is 10.3 Å². The summed E-state index contributed by atoms with van der Waals surface area (Å²) in [7, 11) is 1.61. The highest BCUT2D eigenvalue weighted by atomic mass is 16.5. The first-order chi connectivity index (χ1) is 13.2. The summed E-state index contributed by atoms with van der Waals surface area (Å²) in [5.41, 5.74) is 2.32. The van der Waals surface area contributed by atoms with Gasteiger partial charge in [0.1, 0.15) is 11.4 Å². The predicted molar refractivity (Wildman–Crippen MR) is 97.4 cm³/mol. The second kappa shape index (κ2) is 7.26. The Hall–Kier alpha value is -3.09. The minimum Gasteiger partial charge on any atom is -0.497 e. The lowest BCUT2D eigenvalue weighted by molar-refractivity contribution is 0.0672.